The first-order valence-corrected chi connectivity index (χ1v) is 13.0. The van der Waals surface area contributed by atoms with E-state index in [1.165, 1.54) is 4.57 Å². The fourth-order valence-electron chi connectivity index (χ4n) is 3.73. The number of unbranched alkanes of at least 4 members (excludes halogenated alkanes) is 1. The van der Waals surface area contributed by atoms with Crippen molar-refractivity contribution >= 4 is 40.2 Å². The lowest BCUT2D eigenvalue weighted by Crippen LogP contribution is -2.41. The summed E-state index contributed by atoms with van der Waals surface area (Å²) < 4.78 is 2.50. The number of nitrogens with one attached hydrogen (secondary N) is 2. The molecule has 0 atom stereocenters. The highest BCUT2D eigenvalue weighted by molar-refractivity contribution is 7.98. The molecule has 0 bridgehead atoms. The number of anilines is 1. The summed E-state index contributed by atoms with van der Waals surface area (Å²) in [4.78, 5) is 52.0. The van der Waals surface area contributed by atoms with Crippen LogP contribution in [-0.2, 0) is 22.7 Å². The van der Waals surface area contributed by atoms with Gasteiger partial charge in [-0.25, -0.2) is 4.79 Å². The second-order valence-electron chi connectivity index (χ2n) is 8.78. The highest BCUT2D eigenvalue weighted by Crippen LogP contribution is 2.19. The molecule has 1 aromatic heterocycles. The zero-order valence-corrected chi connectivity index (χ0v) is 21.2. The van der Waals surface area contributed by atoms with Gasteiger partial charge in [0.05, 0.1) is 10.9 Å². The Morgan fingerprint density at radius 1 is 0.971 bits per heavy atom. The van der Waals surface area contributed by atoms with E-state index in [0.29, 0.717) is 48.3 Å². The van der Waals surface area contributed by atoms with Gasteiger partial charge in [0.2, 0.25) is 11.8 Å². The van der Waals surface area contributed by atoms with Crippen molar-refractivity contribution in [2.45, 2.75) is 51.1 Å². The van der Waals surface area contributed by atoms with E-state index in [0.717, 1.165) is 9.46 Å². The molecular weight excluding hydrogens is 464 g/mol. The Kier molecular flexibility index (Phi) is 9.31. The minimum atomic E-state index is -0.536. The van der Waals surface area contributed by atoms with Crippen LogP contribution in [0.2, 0.25) is 0 Å². The third-order valence-corrected chi connectivity index (χ3v) is 6.26. The van der Waals surface area contributed by atoms with E-state index in [1.54, 1.807) is 42.1 Å². The molecule has 0 radical (unpaired) electrons. The van der Waals surface area contributed by atoms with Crippen LogP contribution in [-0.4, -0.2) is 33.7 Å². The number of amides is 2. The first-order chi connectivity index (χ1) is 16.8. The molecule has 35 heavy (non-hydrogen) atoms. The molecule has 9 heteroatoms. The average Bonchev–Trinajstić information content (AvgIpc) is 2.84. The lowest BCUT2D eigenvalue weighted by atomic mass is 10.2. The topological polar surface area (TPSA) is 102 Å². The highest BCUT2D eigenvalue weighted by atomic mass is 32.2. The van der Waals surface area contributed by atoms with Crippen molar-refractivity contribution in [3.05, 3.63) is 69.4 Å². The molecule has 0 unspecified atom stereocenters. The second-order valence-corrected chi connectivity index (χ2v) is 9.66. The lowest BCUT2D eigenvalue weighted by molar-refractivity contribution is -0.121. The summed E-state index contributed by atoms with van der Waals surface area (Å²) >= 11 is 1.57. The van der Waals surface area contributed by atoms with Crippen LogP contribution in [0.4, 0.5) is 5.69 Å². The molecule has 186 valence electrons. The smallest absolute Gasteiger partial charge is 0.331 e. The number of thioether (sulfide) groups is 1. The van der Waals surface area contributed by atoms with Gasteiger partial charge in [-0.1, -0.05) is 32.0 Å². The van der Waals surface area contributed by atoms with Gasteiger partial charge < -0.3 is 10.6 Å². The van der Waals surface area contributed by atoms with Gasteiger partial charge in [0.15, 0.2) is 0 Å². The van der Waals surface area contributed by atoms with Gasteiger partial charge in [-0.3, -0.25) is 23.5 Å². The number of hydrogen-bond donors (Lipinski definition) is 2. The van der Waals surface area contributed by atoms with E-state index >= 15 is 0 Å². The quantitative estimate of drug-likeness (QED) is 0.313. The van der Waals surface area contributed by atoms with Crippen LogP contribution in [0.1, 0.15) is 33.1 Å². The van der Waals surface area contributed by atoms with E-state index in [-0.39, 0.29) is 30.5 Å². The standard InChI is InChI=1S/C26H32N4O4S/c1-18(2)16-27-23(31)13-6-7-14-29-25(33)21-11-4-5-12-22(21)30(26(29)34)17-24(32)28-19-9-8-10-20(15-19)35-3/h4-5,8-12,15,18H,6-7,13-14,16-17H2,1-3H3,(H,27,31)(H,28,32). The summed E-state index contributed by atoms with van der Waals surface area (Å²) in [5, 5.41) is 6.07. The molecule has 2 aromatic carbocycles. The van der Waals surface area contributed by atoms with E-state index in [9.17, 15) is 19.2 Å². The summed E-state index contributed by atoms with van der Waals surface area (Å²) in [5.74, 6) is -0.0213. The van der Waals surface area contributed by atoms with Gasteiger partial charge in [-0.2, -0.15) is 0 Å². The Bertz CT molecular complexity index is 1310. The summed E-state index contributed by atoms with van der Waals surface area (Å²) in [6.45, 7) is 4.63. The molecule has 8 nitrogen and oxygen atoms in total. The largest absolute Gasteiger partial charge is 0.356 e. The van der Waals surface area contributed by atoms with Crippen LogP contribution in [0.25, 0.3) is 10.9 Å². The number of rotatable bonds is 11. The SMILES string of the molecule is CSc1cccc(NC(=O)Cn2c(=O)n(CCCCC(=O)NCC(C)C)c(=O)c3ccccc32)c1. The molecule has 3 rings (SSSR count). The zero-order valence-electron chi connectivity index (χ0n) is 20.4. The molecule has 2 amide bonds. The lowest BCUT2D eigenvalue weighted by Gasteiger charge is -2.14. The Morgan fingerprint density at radius 2 is 1.74 bits per heavy atom. The van der Waals surface area contributed by atoms with Crippen molar-refractivity contribution in [2.75, 3.05) is 18.1 Å². The number of carbonyl (C=O) groups is 2. The molecule has 0 aliphatic heterocycles. The van der Waals surface area contributed by atoms with Crippen molar-refractivity contribution in [1.82, 2.24) is 14.5 Å². The highest BCUT2D eigenvalue weighted by Gasteiger charge is 2.15. The number of benzene rings is 2. The number of fused-ring (bicyclic) bond motifs is 1. The van der Waals surface area contributed by atoms with Crippen LogP contribution in [0.3, 0.4) is 0 Å². The molecule has 0 spiro atoms. The van der Waals surface area contributed by atoms with Crippen molar-refractivity contribution in [2.24, 2.45) is 5.92 Å². The molecule has 3 aromatic rings. The van der Waals surface area contributed by atoms with Crippen molar-refractivity contribution < 1.29 is 9.59 Å². The first-order valence-electron chi connectivity index (χ1n) is 11.7. The van der Waals surface area contributed by atoms with Crippen molar-refractivity contribution in [1.29, 1.82) is 0 Å². The fourth-order valence-corrected chi connectivity index (χ4v) is 4.19. The van der Waals surface area contributed by atoms with Crippen LogP contribution in [0, 0.1) is 5.92 Å². The maximum absolute atomic E-state index is 13.3. The van der Waals surface area contributed by atoms with Crippen LogP contribution < -0.4 is 21.9 Å². The van der Waals surface area contributed by atoms with E-state index in [4.69, 9.17) is 0 Å². The Labute approximate surface area is 208 Å². The maximum atomic E-state index is 13.3. The molecule has 0 saturated carbocycles. The third-order valence-electron chi connectivity index (χ3n) is 5.53. The number of hydrogen-bond acceptors (Lipinski definition) is 5. The van der Waals surface area contributed by atoms with E-state index in [1.807, 2.05) is 38.3 Å². The number of aromatic nitrogens is 2. The average molecular weight is 497 g/mol. The molecule has 1 heterocycles. The molecule has 0 aliphatic carbocycles. The van der Waals surface area contributed by atoms with Crippen LogP contribution in [0.15, 0.2) is 63.0 Å². The molecule has 0 aliphatic rings. The summed E-state index contributed by atoms with van der Waals surface area (Å²) in [7, 11) is 0. The second kappa shape index (κ2) is 12.4. The van der Waals surface area contributed by atoms with Gasteiger partial charge in [-0.05, 0) is 55.3 Å². The summed E-state index contributed by atoms with van der Waals surface area (Å²) in [5.41, 5.74) is 0.133. The Morgan fingerprint density at radius 3 is 2.49 bits per heavy atom. The number of nitrogens with zero attached hydrogens (tertiary/aromatic N) is 2. The maximum Gasteiger partial charge on any atom is 0.331 e. The first kappa shape index (κ1) is 26.3. The minimum Gasteiger partial charge on any atom is -0.356 e. The predicted molar refractivity (Wildman–Crippen MR) is 141 cm³/mol. The predicted octanol–water partition coefficient (Wildman–Crippen LogP) is 3.47. The van der Waals surface area contributed by atoms with Crippen molar-refractivity contribution in [3.8, 4) is 0 Å². The Hall–Kier alpha value is -3.33. The van der Waals surface area contributed by atoms with Crippen LogP contribution >= 0.6 is 11.8 Å². The number of para-hydroxylation sites is 1. The van der Waals surface area contributed by atoms with E-state index in [2.05, 4.69) is 10.6 Å². The van der Waals surface area contributed by atoms with Gasteiger partial charge in [0.1, 0.15) is 6.54 Å². The van der Waals surface area contributed by atoms with Gasteiger partial charge in [0, 0.05) is 30.1 Å². The molecule has 0 saturated heterocycles. The monoisotopic (exact) mass is 496 g/mol. The molecule has 2 N–H and O–H groups in total. The normalized spacial score (nSPS) is 11.1. The summed E-state index contributed by atoms with van der Waals surface area (Å²) in [6.07, 6.45) is 3.33. The Balaban J connectivity index is 1.78. The van der Waals surface area contributed by atoms with Crippen molar-refractivity contribution in [3.63, 3.8) is 0 Å². The van der Waals surface area contributed by atoms with E-state index < -0.39 is 5.69 Å². The fraction of sp³-hybridized carbons (Fsp3) is 0.385. The van der Waals surface area contributed by atoms with Gasteiger partial charge in [-0.15, -0.1) is 11.8 Å². The summed E-state index contributed by atoms with van der Waals surface area (Å²) in [6, 6.07) is 14.2. The molecular formula is C26H32N4O4S. The number of carbonyl (C=O) groups excluding carboxylic acids is 2. The molecule has 0 fully saturated rings. The van der Waals surface area contributed by atoms with Gasteiger partial charge in [0.25, 0.3) is 5.56 Å². The third kappa shape index (κ3) is 7.08. The van der Waals surface area contributed by atoms with Gasteiger partial charge >= 0.3 is 5.69 Å². The minimum absolute atomic E-state index is 0.0378. The zero-order chi connectivity index (χ0) is 25.4. The van der Waals surface area contributed by atoms with Crippen LogP contribution in [0.5, 0.6) is 0 Å².